The van der Waals surface area contributed by atoms with E-state index in [1.54, 1.807) is 6.07 Å². The molecule has 1 nitrogen and oxygen atoms in total. The lowest BCUT2D eigenvalue weighted by molar-refractivity contribution is 0.112. The molecule has 2 aromatic rings. The van der Waals surface area contributed by atoms with Crippen LogP contribution >= 0.6 is 22.9 Å². The van der Waals surface area contributed by atoms with Gasteiger partial charge in [-0.25, -0.2) is 4.39 Å². The number of halogens is 2. The summed E-state index contributed by atoms with van der Waals surface area (Å²) in [5.41, 5.74) is 1.67. The van der Waals surface area contributed by atoms with Crippen LogP contribution < -0.4 is 0 Å². The van der Waals surface area contributed by atoms with Crippen LogP contribution in [0.4, 0.5) is 4.39 Å². The molecule has 0 N–H and O–H groups in total. The molecule has 2 rings (SSSR count). The summed E-state index contributed by atoms with van der Waals surface area (Å²) in [7, 11) is 0. The smallest absolute Gasteiger partial charge is 0.160 e. The molecular weight excluding hydrogens is 247 g/mol. The first-order valence-corrected chi connectivity index (χ1v) is 5.91. The zero-order valence-corrected chi connectivity index (χ0v) is 9.82. The summed E-state index contributed by atoms with van der Waals surface area (Å²) in [4.78, 5) is 11.4. The lowest BCUT2D eigenvalue weighted by Crippen LogP contribution is -1.91. The van der Waals surface area contributed by atoms with Gasteiger partial charge < -0.3 is 0 Å². The highest BCUT2D eigenvalue weighted by Gasteiger charge is 2.06. The van der Waals surface area contributed by atoms with E-state index in [1.165, 1.54) is 23.5 Å². The maximum Gasteiger partial charge on any atom is 0.160 e. The number of thiophene rings is 1. The van der Waals surface area contributed by atoms with E-state index in [2.05, 4.69) is 0 Å². The van der Waals surface area contributed by atoms with Crippen LogP contribution in [0.1, 0.15) is 20.8 Å². The highest BCUT2D eigenvalue weighted by molar-refractivity contribution is 7.11. The van der Waals surface area contributed by atoms with Gasteiger partial charge in [-0.1, -0.05) is 11.6 Å². The van der Waals surface area contributed by atoms with Crippen molar-refractivity contribution in [1.29, 1.82) is 0 Å². The molecule has 0 amide bonds. The normalized spacial score (nSPS) is 10.4. The lowest BCUT2D eigenvalue weighted by Gasteiger charge is -2.02. The van der Waals surface area contributed by atoms with Crippen molar-refractivity contribution < 1.29 is 9.18 Å². The molecule has 4 heteroatoms. The standard InChI is InChI=1S/C12H8ClFOS/c13-10-4-8(5-11(14)6-10)3-9-1-2-16-12(9)7-15/h1-2,4-7H,3H2. The summed E-state index contributed by atoms with van der Waals surface area (Å²) in [5, 5.41) is 2.22. The molecule has 82 valence electrons. The molecule has 0 aliphatic carbocycles. The van der Waals surface area contributed by atoms with Crippen molar-refractivity contribution in [2.45, 2.75) is 6.42 Å². The Morgan fingerprint density at radius 1 is 1.38 bits per heavy atom. The van der Waals surface area contributed by atoms with Gasteiger partial charge in [0.25, 0.3) is 0 Å². The van der Waals surface area contributed by atoms with Crippen molar-refractivity contribution >= 4 is 29.2 Å². The molecular formula is C12H8ClFOS. The Labute approximate surface area is 101 Å². The van der Waals surface area contributed by atoms with Crippen molar-refractivity contribution in [2.24, 2.45) is 0 Å². The average molecular weight is 255 g/mol. The summed E-state index contributed by atoms with van der Waals surface area (Å²) < 4.78 is 13.1. The second kappa shape index (κ2) is 4.76. The Kier molecular flexibility index (Phi) is 3.36. The van der Waals surface area contributed by atoms with Crippen molar-refractivity contribution in [1.82, 2.24) is 0 Å². The van der Waals surface area contributed by atoms with Gasteiger partial charge in [-0.2, -0.15) is 0 Å². The maximum absolute atomic E-state index is 13.1. The summed E-state index contributed by atoms with van der Waals surface area (Å²) >= 11 is 7.14. The Bertz CT molecular complexity index is 501. The highest BCUT2D eigenvalue weighted by atomic mass is 35.5. The van der Waals surface area contributed by atoms with Crippen molar-refractivity contribution in [3.8, 4) is 0 Å². The minimum Gasteiger partial charge on any atom is -0.297 e. The third-order valence-electron chi connectivity index (χ3n) is 2.20. The number of hydrogen-bond donors (Lipinski definition) is 0. The van der Waals surface area contributed by atoms with E-state index in [9.17, 15) is 9.18 Å². The molecule has 1 aromatic heterocycles. The topological polar surface area (TPSA) is 17.1 Å². The minimum atomic E-state index is -0.356. The molecule has 0 spiro atoms. The van der Waals surface area contributed by atoms with Crippen LogP contribution in [-0.4, -0.2) is 6.29 Å². The number of carbonyl (C=O) groups excluding carboxylic acids is 1. The van der Waals surface area contributed by atoms with Crippen LogP contribution in [-0.2, 0) is 6.42 Å². The van der Waals surface area contributed by atoms with Gasteiger partial charge in [0.15, 0.2) is 6.29 Å². The van der Waals surface area contributed by atoms with Crippen molar-refractivity contribution in [3.63, 3.8) is 0 Å². The fourth-order valence-electron chi connectivity index (χ4n) is 1.53. The molecule has 0 bridgehead atoms. The Balaban J connectivity index is 2.30. The SMILES string of the molecule is O=Cc1sccc1Cc1cc(F)cc(Cl)c1. The number of carbonyl (C=O) groups is 1. The fraction of sp³-hybridized carbons (Fsp3) is 0.0833. The van der Waals surface area contributed by atoms with Crippen molar-refractivity contribution in [2.75, 3.05) is 0 Å². The molecule has 1 aromatic carbocycles. The molecule has 0 radical (unpaired) electrons. The lowest BCUT2D eigenvalue weighted by atomic mass is 10.1. The Morgan fingerprint density at radius 3 is 2.88 bits per heavy atom. The quantitative estimate of drug-likeness (QED) is 0.758. The first-order chi connectivity index (χ1) is 7.69. The molecule has 0 fully saturated rings. The number of benzene rings is 1. The second-order valence-electron chi connectivity index (χ2n) is 3.38. The van der Waals surface area contributed by atoms with Crippen LogP contribution in [0.15, 0.2) is 29.6 Å². The monoisotopic (exact) mass is 254 g/mol. The molecule has 0 atom stereocenters. The number of hydrogen-bond acceptors (Lipinski definition) is 2. The average Bonchev–Trinajstić information content (AvgIpc) is 2.63. The van der Waals surface area contributed by atoms with Crippen LogP contribution in [0.25, 0.3) is 0 Å². The molecule has 16 heavy (non-hydrogen) atoms. The summed E-state index contributed by atoms with van der Waals surface area (Å²) in [6.07, 6.45) is 1.34. The van der Waals surface area contributed by atoms with Gasteiger partial charge in [0.2, 0.25) is 0 Å². The molecule has 0 aliphatic heterocycles. The van der Waals surface area contributed by atoms with Gasteiger partial charge in [0.05, 0.1) is 4.88 Å². The van der Waals surface area contributed by atoms with E-state index in [1.807, 2.05) is 11.4 Å². The van der Waals surface area contributed by atoms with E-state index in [0.29, 0.717) is 16.3 Å². The Morgan fingerprint density at radius 2 is 2.19 bits per heavy atom. The van der Waals surface area contributed by atoms with E-state index >= 15 is 0 Å². The minimum absolute atomic E-state index is 0.356. The summed E-state index contributed by atoms with van der Waals surface area (Å²) in [5.74, 6) is -0.356. The van der Waals surface area contributed by atoms with Crippen LogP contribution in [0.3, 0.4) is 0 Å². The molecule has 1 heterocycles. The number of rotatable bonds is 3. The van der Waals surface area contributed by atoms with Gasteiger partial charge in [-0.3, -0.25) is 4.79 Å². The zero-order valence-electron chi connectivity index (χ0n) is 8.24. The molecule has 0 saturated carbocycles. The number of aldehydes is 1. The second-order valence-corrected chi connectivity index (χ2v) is 4.77. The van der Waals surface area contributed by atoms with E-state index in [4.69, 9.17) is 11.6 Å². The maximum atomic E-state index is 13.1. The first-order valence-electron chi connectivity index (χ1n) is 4.65. The highest BCUT2D eigenvalue weighted by Crippen LogP contribution is 2.21. The third-order valence-corrected chi connectivity index (χ3v) is 3.31. The van der Waals surface area contributed by atoms with Crippen LogP contribution in [0.5, 0.6) is 0 Å². The third kappa shape index (κ3) is 2.49. The van der Waals surface area contributed by atoms with E-state index in [-0.39, 0.29) is 5.82 Å². The van der Waals surface area contributed by atoms with Gasteiger partial charge in [0.1, 0.15) is 5.82 Å². The van der Waals surface area contributed by atoms with E-state index < -0.39 is 0 Å². The summed E-state index contributed by atoms with van der Waals surface area (Å²) in [6, 6.07) is 6.27. The van der Waals surface area contributed by atoms with Crippen molar-refractivity contribution in [3.05, 3.63) is 56.5 Å². The zero-order chi connectivity index (χ0) is 11.5. The molecule has 0 saturated heterocycles. The first kappa shape index (κ1) is 11.3. The Hall–Kier alpha value is -1.19. The predicted octanol–water partition coefficient (Wildman–Crippen LogP) is 3.94. The van der Waals surface area contributed by atoms with Crippen LogP contribution in [0, 0.1) is 5.82 Å². The molecule has 0 unspecified atom stereocenters. The van der Waals surface area contributed by atoms with Gasteiger partial charge in [-0.05, 0) is 47.2 Å². The van der Waals surface area contributed by atoms with Gasteiger partial charge in [0, 0.05) is 5.02 Å². The summed E-state index contributed by atoms with van der Waals surface area (Å²) in [6.45, 7) is 0. The molecule has 0 aliphatic rings. The largest absolute Gasteiger partial charge is 0.297 e. The van der Waals surface area contributed by atoms with Crippen LogP contribution in [0.2, 0.25) is 5.02 Å². The van der Waals surface area contributed by atoms with Gasteiger partial charge >= 0.3 is 0 Å². The fourth-order valence-corrected chi connectivity index (χ4v) is 2.50. The predicted molar refractivity (Wildman–Crippen MR) is 63.9 cm³/mol. The van der Waals surface area contributed by atoms with E-state index in [0.717, 1.165) is 17.4 Å². The van der Waals surface area contributed by atoms with Gasteiger partial charge in [-0.15, -0.1) is 11.3 Å².